The van der Waals surface area contributed by atoms with E-state index in [2.05, 4.69) is 9.97 Å². The Morgan fingerprint density at radius 1 is 1.28 bits per heavy atom. The summed E-state index contributed by atoms with van der Waals surface area (Å²) in [6, 6.07) is 1.87. The number of hydrogen-bond donors (Lipinski definition) is 1. The van der Waals surface area contributed by atoms with Crippen LogP contribution in [0.25, 0.3) is 0 Å². The van der Waals surface area contributed by atoms with Crippen LogP contribution in [0.3, 0.4) is 0 Å². The zero-order valence-electron chi connectivity index (χ0n) is 10.9. The van der Waals surface area contributed by atoms with Crippen LogP contribution in [0.4, 0.5) is 0 Å². The molecular formula is C13H21N3OS. The van der Waals surface area contributed by atoms with E-state index < -0.39 is 0 Å². The second-order valence-electron chi connectivity index (χ2n) is 4.96. The fourth-order valence-corrected chi connectivity index (χ4v) is 2.68. The molecule has 1 saturated carbocycles. The van der Waals surface area contributed by atoms with E-state index in [0.29, 0.717) is 12.5 Å². The maximum Gasteiger partial charge on any atom is 0.217 e. The summed E-state index contributed by atoms with van der Waals surface area (Å²) in [5.74, 6) is 0.628. The predicted molar refractivity (Wildman–Crippen MR) is 73.9 cm³/mol. The Bertz CT molecular complexity index is 378. The van der Waals surface area contributed by atoms with Crippen molar-refractivity contribution in [3.63, 3.8) is 0 Å². The molecule has 18 heavy (non-hydrogen) atoms. The molecule has 2 rings (SSSR count). The Kier molecular flexibility index (Phi) is 4.83. The van der Waals surface area contributed by atoms with Gasteiger partial charge in [-0.15, -0.1) is 11.8 Å². The molecule has 1 aliphatic rings. The van der Waals surface area contributed by atoms with Crippen LogP contribution < -0.4 is 10.5 Å². The average Bonchev–Trinajstić information content (AvgIpc) is 2.62. The topological polar surface area (TPSA) is 61.0 Å². The smallest absolute Gasteiger partial charge is 0.217 e. The molecule has 0 spiro atoms. The Morgan fingerprint density at radius 3 is 2.67 bits per heavy atom. The van der Waals surface area contributed by atoms with Crippen LogP contribution in [0.15, 0.2) is 17.4 Å². The Morgan fingerprint density at radius 2 is 2.00 bits per heavy atom. The van der Waals surface area contributed by atoms with Crippen LogP contribution in [0.1, 0.15) is 38.5 Å². The van der Waals surface area contributed by atoms with Gasteiger partial charge < -0.3 is 10.5 Å². The molecular weight excluding hydrogens is 246 g/mol. The standard InChI is InChI=1S/C13H21N3OS/c1-18-12-8-11(15-10-16-12)17-9-13(14)6-4-2-3-5-7-13/h8,10H,2-7,9,14H2,1H3. The molecule has 1 heterocycles. The largest absolute Gasteiger partial charge is 0.476 e. The summed E-state index contributed by atoms with van der Waals surface area (Å²) in [5.41, 5.74) is 6.22. The lowest BCUT2D eigenvalue weighted by atomic mass is 9.93. The number of rotatable bonds is 4. The molecule has 1 aliphatic carbocycles. The zero-order valence-corrected chi connectivity index (χ0v) is 11.7. The first-order chi connectivity index (χ1) is 8.72. The van der Waals surface area contributed by atoms with E-state index in [1.54, 1.807) is 11.8 Å². The molecule has 0 aromatic carbocycles. The SMILES string of the molecule is CSc1cc(OCC2(N)CCCCCC2)ncn1. The van der Waals surface area contributed by atoms with E-state index in [1.165, 1.54) is 32.0 Å². The minimum atomic E-state index is -0.180. The van der Waals surface area contributed by atoms with Gasteiger partial charge in [-0.2, -0.15) is 0 Å². The van der Waals surface area contributed by atoms with Crippen molar-refractivity contribution >= 4 is 11.8 Å². The lowest BCUT2D eigenvalue weighted by Crippen LogP contribution is -2.45. The summed E-state index contributed by atoms with van der Waals surface area (Å²) in [6.45, 7) is 0.553. The molecule has 0 radical (unpaired) electrons. The third kappa shape index (κ3) is 3.85. The van der Waals surface area contributed by atoms with Crippen molar-refractivity contribution in [3.8, 4) is 5.88 Å². The fraction of sp³-hybridized carbons (Fsp3) is 0.692. The summed E-state index contributed by atoms with van der Waals surface area (Å²) in [6.07, 6.45) is 10.6. The highest BCUT2D eigenvalue weighted by Crippen LogP contribution is 2.26. The van der Waals surface area contributed by atoms with Crippen molar-refractivity contribution in [2.45, 2.75) is 49.1 Å². The van der Waals surface area contributed by atoms with Crippen LogP contribution >= 0.6 is 11.8 Å². The van der Waals surface area contributed by atoms with Gasteiger partial charge in [0.05, 0.1) is 5.54 Å². The number of thioether (sulfide) groups is 1. The Hall–Kier alpha value is -0.810. The second kappa shape index (κ2) is 6.38. The molecule has 1 aromatic heterocycles. The number of nitrogens with two attached hydrogens (primary N) is 1. The van der Waals surface area contributed by atoms with E-state index >= 15 is 0 Å². The molecule has 5 heteroatoms. The minimum Gasteiger partial charge on any atom is -0.476 e. The molecule has 0 saturated heterocycles. The molecule has 0 atom stereocenters. The van der Waals surface area contributed by atoms with Crippen LogP contribution in [0, 0.1) is 0 Å². The van der Waals surface area contributed by atoms with Crippen molar-refractivity contribution in [1.29, 1.82) is 0 Å². The fourth-order valence-electron chi connectivity index (χ4n) is 2.31. The first-order valence-corrected chi connectivity index (χ1v) is 7.72. The molecule has 2 N–H and O–H groups in total. The van der Waals surface area contributed by atoms with Gasteiger partial charge >= 0.3 is 0 Å². The summed E-state index contributed by atoms with van der Waals surface area (Å²) in [5, 5.41) is 0.923. The number of nitrogens with zero attached hydrogens (tertiary/aromatic N) is 2. The summed E-state index contributed by atoms with van der Waals surface area (Å²) in [4.78, 5) is 8.25. The van der Waals surface area contributed by atoms with Gasteiger partial charge in [0, 0.05) is 6.07 Å². The first-order valence-electron chi connectivity index (χ1n) is 6.50. The lowest BCUT2D eigenvalue weighted by molar-refractivity contribution is 0.193. The van der Waals surface area contributed by atoms with Crippen LogP contribution in [0.5, 0.6) is 5.88 Å². The third-order valence-electron chi connectivity index (χ3n) is 3.43. The van der Waals surface area contributed by atoms with Crippen molar-refractivity contribution in [2.75, 3.05) is 12.9 Å². The van der Waals surface area contributed by atoms with E-state index in [0.717, 1.165) is 17.9 Å². The first kappa shape index (κ1) is 13.6. The monoisotopic (exact) mass is 267 g/mol. The normalized spacial score (nSPS) is 19.2. The Labute approximate surface area is 113 Å². The molecule has 0 unspecified atom stereocenters. The molecule has 100 valence electrons. The number of ether oxygens (including phenoxy) is 1. The van der Waals surface area contributed by atoms with Crippen molar-refractivity contribution < 1.29 is 4.74 Å². The third-order valence-corrected chi connectivity index (χ3v) is 4.07. The average molecular weight is 267 g/mol. The van der Waals surface area contributed by atoms with Gasteiger partial charge in [0.1, 0.15) is 18.0 Å². The Balaban J connectivity index is 1.92. The highest BCUT2D eigenvalue weighted by atomic mass is 32.2. The van der Waals surface area contributed by atoms with Crippen LogP contribution in [0.2, 0.25) is 0 Å². The van der Waals surface area contributed by atoms with Crippen molar-refractivity contribution in [3.05, 3.63) is 12.4 Å². The van der Waals surface area contributed by atoms with Gasteiger partial charge in [-0.1, -0.05) is 25.7 Å². The summed E-state index contributed by atoms with van der Waals surface area (Å²) < 4.78 is 5.76. The van der Waals surface area contributed by atoms with Crippen LogP contribution in [-0.4, -0.2) is 28.4 Å². The van der Waals surface area contributed by atoms with Crippen LogP contribution in [-0.2, 0) is 0 Å². The van der Waals surface area contributed by atoms with Gasteiger partial charge in [0.2, 0.25) is 5.88 Å². The molecule has 0 aliphatic heterocycles. The minimum absolute atomic E-state index is 0.180. The van der Waals surface area contributed by atoms with Crippen molar-refractivity contribution in [2.24, 2.45) is 5.73 Å². The maximum atomic E-state index is 6.40. The van der Waals surface area contributed by atoms with E-state index in [-0.39, 0.29) is 5.54 Å². The van der Waals surface area contributed by atoms with E-state index in [9.17, 15) is 0 Å². The highest BCUT2D eigenvalue weighted by molar-refractivity contribution is 7.98. The summed E-state index contributed by atoms with van der Waals surface area (Å²) in [7, 11) is 0. The van der Waals surface area contributed by atoms with E-state index in [4.69, 9.17) is 10.5 Å². The van der Waals surface area contributed by atoms with Gasteiger partial charge in [-0.05, 0) is 19.1 Å². The quantitative estimate of drug-likeness (QED) is 0.516. The number of hydrogen-bond acceptors (Lipinski definition) is 5. The zero-order chi connectivity index (χ0) is 12.8. The molecule has 1 fully saturated rings. The predicted octanol–water partition coefficient (Wildman–Crippen LogP) is 2.63. The second-order valence-corrected chi connectivity index (χ2v) is 5.79. The summed E-state index contributed by atoms with van der Waals surface area (Å²) >= 11 is 1.58. The highest BCUT2D eigenvalue weighted by Gasteiger charge is 2.27. The molecule has 0 amide bonds. The van der Waals surface area contributed by atoms with E-state index in [1.807, 2.05) is 12.3 Å². The molecule has 0 bridgehead atoms. The van der Waals surface area contributed by atoms with Gasteiger partial charge in [0.25, 0.3) is 0 Å². The molecule has 4 nitrogen and oxygen atoms in total. The number of aromatic nitrogens is 2. The maximum absolute atomic E-state index is 6.40. The molecule has 1 aromatic rings. The lowest BCUT2D eigenvalue weighted by Gasteiger charge is -2.27. The van der Waals surface area contributed by atoms with Gasteiger partial charge in [-0.25, -0.2) is 9.97 Å². The van der Waals surface area contributed by atoms with Gasteiger partial charge in [-0.3, -0.25) is 0 Å². The van der Waals surface area contributed by atoms with Crippen molar-refractivity contribution in [1.82, 2.24) is 9.97 Å². The van der Waals surface area contributed by atoms with Gasteiger partial charge in [0.15, 0.2) is 0 Å².